The first-order chi connectivity index (χ1) is 9.13. The Labute approximate surface area is 116 Å². The predicted octanol–water partition coefficient (Wildman–Crippen LogP) is 3.04. The van der Waals surface area contributed by atoms with Crippen LogP contribution in [0.3, 0.4) is 0 Å². The first-order valence-electron chi connectivity index (χ1n) is 7.20. The second-order valence-electron chi connectivity index (χ2n) is 5.79. The molecule has 1 unspecified atom stereocenters. The molecule has 2 N–H and O–H groups in total. The van der Waals surface area contributed by atoms with E-state index in [1.807, 2.05) is 24.3 Å². The molecule has 0 bridgehead atoms. The van der Waals surface area contributed by atoms with Gasteiger partial charge in [-0.15, -0.1) is 0 Å². The Morgan fingerprint density at radius 3 is 2.42 bits per heavy atom. The van der Waals surface area contributed by atoms with Gasteiger partial charge in [-0.1, -0.05) is 31.4 Å². The third-order valence-corrected chi connectivity index (χ3v) is 4.18. The monoisotopic (exact) mass is 263 g/mol. The molecule has 2 rings (SSSR count). The Morgan fingerprint density at radius 1 is 1.21 bits per heavy atom. The van der Waals surface area contributed by atoms with E-state index in [2.05, 4.69) is 12.2 Å². The van der Waals surface area contributed by atoms with Crippen molar-refractivity contribution in [3.63, 3.8) is 0 Å². The zero-order chi connectivity index (χ0) is 13.7. The SMILES string of the molecule is COc1ccc(C(O)CNC2(C)CCCCC2)cc1. The van der Waals surface area contributed by atoms with E-state index in [-0.39, 0.29) is 5.54 Å². The third-order valence-electron chi connectivity index (χ3n) is 4.18. The maximum Gasteiger partial charge on any atom is 0.118 e. The number of rotatable bonds is 5. The number of benzene rings is 1. The van der Waals surface area contributed by atoms with Crippen LogP contribution in [-0.2, 0) is 0 Å². The maximum atomic E-state index is 10.2. The highest BCUT2D eigenvalue weighted by Gasteiger charge is 2.26. The van der Waals surface area contributed by atoms with Gasteiger partial charge >= 0.3 is 0 Å². The van der Waals surface area contributed by atoms with Crippen LogP contribution in [0.25, 0.3) is 0 Å². The summed E-state index contributed by atoms with van der Waals surface area (Å²) in [6.45, 7) is 2.88. The van der Waals surface area contributed by atoms with E-state index in [9.17, 15) is 5.11 Å². The molecule has 0 heterocycles. The molecule has 1 saturated carbocycles. The molecule has 0 spiro atoms. The zero-order valence-corrected chi connectivity index (χ0v) is 12.0. The molecule has 1 aliphatic carbocycles. The molecule has 19 heavy (non-hydrogen) atoms. The molecule has 1 fully saturated rings. The van der Waals surface area contributed by atoms with Gasteiger partial charge in [-0.2, -0.15) is 0 Å². The lowest BCUT2D eigenvalue weighted by molar-refractivity contribution is 0.146. The van der Waals surface area contributed by atoms with Crippen molar-refractivity contribution >= 4 is 0 Å². The van der Waals surface area contributed by atoms with Crippen molar-refractivity contribution in [3.05, 3.63) is 29.8 Å². The van der Waals surface area contributed by atoms with Crippen LogP contribution >= 0.6 is 0 Å². The summed E-state index contributed by atoms with van der Waals surface area (Å²) in [7, 11) is 1.65. The highest BCUT2D eigenvalue weighted by Crippen LogP contribution is 2.28. The van der Waals surface area contributed by atoms with Gasteiger partial charge in [0.25, 0.3) is 0 Å². The minimum absolute atomic E-state index is 0.200. The molecule has 0 amide bonds. The molecular formula is C16H25NO2. The Kier molecular flexibility index (Phi) is 4.83. The summed E-state index contributed by atoms with van der Waals surface area (Å²) in [4.78, 5) is 0. The van der Waals surface area contributed by atoms with E-state index in [4.69, 9.17) is 4.74 Å². The van der Waals surface area contributed by atoms with E-state index in [0.717, 1.165) is 11.3 Å². The fourth-order valence-electron chi connectivity index (χ4n) is 2.80. The topological polar surface area (TPSA) is 41.5 Å². The number of aliphatic hydroxyl groups is 1. The number of hydrogen-bond acceptors (Lipinski definition) is 3. The predicted molar refractivity (Wildman–Crippen MR) is 77.4 cm³/mol. The van der Waals surface area contributed by atoms with E-state index in [0.29, 0.717) is 6.54 Å². The molecule has 1 atom stereocenters. The molecule has 0 radical (unpaired) electrons. The Hall–Kier alpha value is -1.06. The number of β-amino-alcohol motifs (C(OH)–C–C–N with tert-alkyl or cyclic N) is 1. The average molecular weight is 263 g/mol. The standard InChI is InChI=1S/C16H25NO2/c1-16(10-4-3-5-11-16)17-12-15(18)13-6-8-14(19-2)9-7-13/h6-9,15,17-18H,3-5,10-12H2,1-2H3. The molecule has 0 aliphatic heterocycles. The van der Waals surface area contributed by atoms with Crippen LogP contribution in [-0.4, -0.2) is 24.3 Å². The molecule has 3 nitrogen and oxygen atoms in total. The van der Waals surface area contributed by atoms with E-state index >= 15 is 0 Å². The molecule has 106 valence electrons. The molecule has 1 aromatic carbocycles. The highest BCUT2D eigenvalue weighted by atomic mass is 16.5. The van der Waals surface area contributed by atoms with Crippen molar-refractivity contribution in [1.82, 2.24) is 5.32 Å². The van der Waals surface area contributed by atoms with Crippen molar-refractivity contribution in [2.45, 2.75) is 50.7 Å². The molecule has 0 saturated heterocycles. The molecular weight excluding hydrogens is 238 g/mol. The second-order valence-corrected chi connectivity index (χ2v) is 5.79. The van der Waals surface area contributed by atoms with Crippen LogP contribution in [0.5, 0.6) is 5.75 Å². The average Bonchev–Trinajstić information content (AvgIpc) is 2.46. The molecule has 0 aromatic heterocycles. The van der Waals surface area contributed by atoms with Crippen molar-refractivity contribution in [2.75, 3.05) is 13.7 Å². The molecule has 3 heteroatoms. The summed E-state index contributed by atoms with van der Waals surface area (Å²) in [5.74, 6) is 0.822. The van der Waals surface area contributed by atoms with Gasteiger partial charge in [0.15, 0.2) is 0 Å². The lowest BCUT2D eigenvalue weighted by Gasteiger charge is -2.35. The van der Waals surface area contributed by atoms with Gasteiger partial charge in [0, 0.05) is 12.1 Å². The van der Waals surface area contributed by atoms with E-state index < -0.39 is 6.10 Å². The second kappa shape index (κ2) is 6.40. The van der Waals surface area contributed by atoms with Gasteiger partial charge in [-0.3, -0.25) is 0 Å². The summed E-state index contributed by atoms with van der Waals surface area (Å²) in [6, 6.07) is 7.63. The van der Waals surface area contributed by atoms with Crippen molar-refractivity contribution in [3.8, 4) is 5.75 Å². The van der Waals surface area contributed by atoms with Gasteiger partial charge in [-0.05, 0) is 37.5 Å². The number of aliphatic hydroxyl groups excluding tert-OH is 1. The number of hydrogen-bond donors (Lipinski definition) is 2. The minimum Gasteiger partial charge on any atom is -0.497 e. The summed E-state index contributed by atoms with van der Waals surface area (Å²) >= 11 is 0. The van der Waals surface area contributed by atoms with Crippen LogP contribution in [0.4, 0.5) is 0 Å². The zero-order valence-electron chi connectivity index (χ0n) is 12.0. The Morgan fingerprint density at radius 2 is 1.84 bits per heavy atom. The normalized spacial score (nSPS) is 19.9. The number of ether oxygens (including phenoxy) is 1. The van der Waals surface area contributed by atoms with Gasteiger partial charge in [-0.25, -0.2) is 0 Å². The highest BCUT2D eigenvalue weighted by molar-refractivity contribution is 5.28. The summed E-state index contributed by atoms with van der Waals surface area (Å²) in [5, 5.41) is 13.8. The van der Waals surface area contributed by atoms with Crippen molar-refractivity contribution < 1.29 is 9.84 Å². The van der Waals surface area contributed by atoms with Gasteiger partial charge < -0.3 is 15.2 Å². The van der Waals surface area contributed by atoms with Gasteiger partial charge in [0.2, 0.25) is 0 Å². The quantitative estimate of drug-likeness (QED) is 0.858. The largest absolute Gasteiger partial charge is 0.497 e. The first kappa shape index (κ1) is 14.4. The van der Waals surface area contributed by atoms with Gasteiger partial charge in [0.1, 0.15) is 5.75 Å². The van der Waals surface area contributed by atoms with Crippen LogP contribution < -0.4 is 10.1 Å². The molecule has 1 aromatic rings. The van der Waals surface area contributed by atoms with Crippen LogP contribution in [0.1, 0.15) is 50.7 Å². The first-order valence-corrected chi connectivity index (χ1v) is 7.20. The fourth-order valence-corrected chi connectivity index (χ4v) is 2.80. The lowest BCUT2D eigenvalue weighted by atomic mass is 9.83. The molecule has 1 aliphatic rings. The summed E-state index contributed by atoms with van der Waals surface area (Å²) in [6.07, 6.45) is 5.90. The fraction of sp³-hybridized carbons (Fsp3) is 0.625. The van der Waals surface area contributed by atoms with Crippen LogP contribution in [0.15, 0.2) is 24.3 Å². The smallest absolute Gasteiger partial charge is 0.118 e. The number of nitrogens with one attached hydrogen (secondary N) is 1. The third kappa shape index (κ3) is 3.95. The number of methoxy groups -OCH3 is 1. The van der Waals surface area contributed by atoms with E-state index in [1.54, 1.807) is 7.11 Å². The summed E-state index contributed by atoms with van der Waals surface area (Å²) < 4.78 is 5.12. The van der Waals surface area contributed by atoms with E-state index in [1.165, 1.54) is 32.1 Å². The summed E-state index contributed by atoms with van der Waals surface area (Å²) in [5.41, 5.74) is 1.14. The van der Waals surface area contributed by atoms with Crippen LogP contribution in [0, 0.1) is 0 Å². The minimum atomic E-state index is -0.454. The maximum absolute atomic E-state index is 10.2. The Balaban J connectivity index is 1.87. The van der Waals surface area contributed by atoms with Crippen molar-refractivity contribution in [2.24, 2.45) is 0 Å². The lowest BCUT2D eigenvalue weighted by Crippen LogP contribution is -2.45. The van der Waals surface area contributed by atoms with Gasteiger partial charge in [0.05, 0.1) is 13.2 Å². The Bertz CT molecular complexity index is 382. The van der Waals surface area contributed by atoms with Crippen LogP contribution in [0.2, 0.25) is 0 Å². The van der Waals surface area contributed by atoms with Crippen molar-refractivity contribution in [1.29, 1.82) is 0 Å².